The third-order valence-electron chi connectivity index (χ3n) is 8.28. The van der Waals surface area contributed by atoms with Crippen LogP contribution in [0.25, 0.3) is 0 Å². The van der Waals surface area contributed by atoms with Gasteiger partial charge in [0.2, 0.25) is 0 Å². The van der Waals surface area contributed by atoms with Gasteiger partial charge in [-0.1, -0.05) is 30.3 Å². The number of benzene rings is 3. The van der Waals surface area contributed by atoms with Crippen molar-refractivity contribution >= 4 is 33.3 Å². The number of rotatable bonds is 8. The summed E-state index contributed by atoms with van der Waals surface area (Å²) in [6.45, 7) is 3.34. The smallest absolute Gasteiger partial charge is 0.273 e. The van der Waals surface area contributed by atoms with Crippen LogP contribution in [0.3, 0.4) is 0 Å². The number of carbonyl (C=O) groups is 2. The molecule has 1 unspecified atom stereocenters. The van der Waals surface area contributed by atoms with Crippen LogP contribution < -0.4 is 19.4 Å². The summed E-state index contributed by atoms with van der Waals surface area (Å²) in [6.07, 6.45) is 1.48. The van der Waals surface area contributed by atoms with Crippen molar-refractivity contribution in [2.75, 3.05) is 42.0 Å². The van der Waals surface area contributed by atoms with E-state index in [0.717, 1.165) is 12.1 Å². The van der Waals surface area contributed by atoms with Gasteiger partial charge in [0, 0.05) is 43.5 Å². The van der Waals surface area contributed by atoms with Crippen molar-refractivity contribution < 1.29 is 27.1 Å². The average molecular weight is 666 g/mol. The van der Waals surface area contributed by atoms with E-state index in [1.54, 1.807) is 42.3 Å². The molecular formula is C34H28FN7O5S. The first-order valence-electron chi connectivity index (χ1n) is 14.9. The molecule has 2 amide bonds. The highest BCUT2D eigenvalue weighted by molar-refractivity contribution is 7.93. The molecule has 0 bridgehead atoms. The van der Waals surface area contributed by atoms with E-state index in [-0.39, 0.29) is 34.7 Å². The maximum Gasteiger partial charge on any atom is 0.273 e. The van der Waals surface area contributed by atoms with Gasteiger partial charge in [-0.05, 0) is 55.5 Å². The number of sulfonamides is 1. The second-order valence-electron chi connectivity index (χ2n) is 11.0. The van der Waals surface area contributed by atoms with Crippen LogP contribution in [0.2, 0.25) is 0 Å². The van der Waals surface area contributed by atoms with Gasteiger partial charge in [0.1, 0.15) is 28.3 Å². The molecule has 1 atom stereocenters. The predicted molar refractivity (Wildman–Crippen MR) is 172 cm³/mol. The number of hydrogen-bond donors (Lipinski definition) is 1. The summed E-state index contributed by atoms with van der Waals surface area (Å²) in [6, 6.07) is 22.3. The molecule has 0 spiro atoms. The number of ether oxygens (including phenoxy) is 1. The molecule has 1 saturated heterocycles. The van der Waals surface area contributed by atoms with Crippen LogP contribution in [0.15, 0.2) is 90.0 Å². The second-order valence-corrected chi connectivity index (χ2v) is 12.7. The SMILES string of the molecule is CCOc1ccccc1C1(C(=O)NN2CCN(c3ccc(C#N)cn3)CC2)C(=O)N(S(=O)(=O)c2ccccc2F)c2ccc(C#N)cc21. The summed E-state index contributed by atoms with van der Waals surface area (Å²) in [7, 11) is -4.91. The number of nitriles is 2. The minimum Gasteiger partial charge on any atom is -0.494 e. The maximum absolute atomic E-state index is 15.0. The average Bonchev–Trinajstić information content (AvgIpc) is 3.37. The largest absolute Gasteiger partial charge is 0.494 e. The van der Waals surface area contributed by atoms with Gasteiger partial charge in [0.25, 0.3) is 21.8 Å². The number of nitrogens with zero attached hydrogens (tertiary/aromatic N) is 6. The number of hydrogen-bond acceptors (Lipinski definition) is 10. The molecule has 12 nitrogen and oxygen atoms in total. The predicted octanol–water partition coefficient (Wildman–Crippen LogP) is 3.24. The lowest BCUT2D eigenvalue weighted by molar-refractivity contribution is -0.136. The fourth-order valence-corrected chi connectivity index (χ4v) is 7.56. The van der Waals surface area contributed by atoms with E-state index >= 15 is 4.39 Å². The van der Waals surface area contributed by atoms with Crippen LogP contribution in [0.5, 0.6) is 5.75 Å². The number of halogens is 1. The standard InChI is InChI=1S/C34H28FN7O5S/c1-2-47-29-9-5-3-7-25(29)34(32(43)39-41-17-15-40(16-18-41)31-14-12-24(21-37)22-38-31)26-19-23(20-36)11-13-28(26)42(33(34)44)48(45,46)30-10-6-4-8-27(30)35/h3-14,19,22H,2,15-18H2,1H3,(H,39,43). The number of pyridine rings is 1. The van der Waals surface area contributed by atoms with E-state index in [1.807, 2.05) is 17.0 Å². The topological polar surface area (TPSA) is 160 Å². The molecule has 14 heteroatoms. The zero-order chi connectivity index (χ0) is 34.1. The third-order valence-corrected chi connectivity index (χ3v) is 10.0. The van der Waals surface area contributed by atoms with Gasteiger partial charge in [-0.15, -0.1) is 0 Å². The van der Waals surface area contributed by atoms with Crippen molar-refractivity contribution in [3.8, 4) is 17.9 Å². The molecule has 2 aliphatic rings. The van der Waals surface area contributed by atoms with Gasteiger partial charge in [0.05, 0.1) is 29.5 Å². The Bertz CT molecular complexity index is 2110. The maximum atomic E-state index is 15.0. The zero-order valence-electron chi connectivity index (χ0n) is 25.6. The summed E-state index contributed by atoms with van der Waals surface area (Å²) < 4.78 is 49.6. The van der Waals surface area contributed by atoms with Crippen LogP contribution in [0.4, 0.5) is 15.9 Å². The van der Waals surface area contributed by atoms with Crippen LogP contribution in [-0.4, -0.2) is 63.0 Å². The summed E-state index contributed by atoms with van der Waals surface area (Å²) in [5.41, 5.74) is 0.760. The van der Waals surface area contributed by atoms with Crippen LogP contribution in [-0.2, 0) is 25.0 Å². The van der Waals surface area contributed by atoms with Crippen LogP contribution in [0.1, 0.15) is 29.2 Å². The highest BCUT2D eigenvalue weighted by atomic mass is 32.2. The molecule has 6 rings (SSSR count). The number of nitrogens with one attached hydrogen (secondary N) is 1. The minimum absolute atomic E-state index is 0.0531. The van der Waals surface area contributed by atoms with Crippen molar-refractivity contribution in [3.05, 3.63) is 113 Å². The fraction of sp³-hybridized carbons (Fsp3) is 0.206. The lowest BCUT2D eigenvalue weighted by Gasteiger charge is -2.37. The van der Waals surface area contributed by atoms with E-state index in [4.69, 9.17) is 10.00 Å². The molecule has 1 aromatic heterocycles. The molecule has 0 aliphatic carbocycles. The first-order valence-corrected chi connectivity index (χ1v) is 16.4. The van der Waals surface area contributed by atoms with E-state index in [1.165, 1.54) is 42.6 Å². The van der Waals surface area contributed by atoms with Crippen molar-refractivity contribution in [3.63, 3.8) is 0 Å². The molecule has 0 radical (unpaired) electrons. The highest BCUT2D eigenvalue weighted by Crippen LogP contribution is 2.51. The number of para-hydroxylation sites is 1. The van der Waals surface area contributed by atoms with Gasteiger partial charge in [-0.25, -0.2) is 27.1 Å². The van der Waals surface area contributed by atoms with Crippen LogP contribution in [0, 0.1) is 28.5 Å². The van der Waals surface area contributed by atoms with Crippen LogP contribution >= 0.6 is 0 Å². The molecule has 242 valence electrons. The Kier molecular flexibility index (Phi) is 8.54. The number of hydrazine groups is 1. The van der Waals surface area contributed by atoms with Crippen molar-refractivity contribution in [2.45, 2.75) is 17.2 Å². The van der Waals surface area contributed by atoms with E-state index in [0.29, 0.717) is 41.9 Å². The Morgan fingerprint density at radius 2 is 1.65 bits per heavy atom. The molecule has 3 heterocycles. The van der Waals surface area contributed by atoms with Gasteiger partial charge < -0.3 is 9.64 Å². The first-order chi connectivity index (χ1) is 23.2. The Labute approximate surface area is 276 Å². The number of amides is 2. The summed E-state index contributed by atoms with van der Waals surface area (Å²) in [5, 5.41) is 20.5. The molecular weight excluding hydrogens is 637 g/mol. The fourth-order valence-electron chi connectivity index (χ4n) is 6.02. The summed E-state index contributed by atoms with van der Waals surface area (Å²) >= 11 is 0. The van der Waals surface area contributed by atoms with E-state index in [9.17, 15) is 23.3 Å². The molecule has 3 aromatic carbocycles. The summed E-state index contributed by atoms with van der Waals surface area (Å²) in [5.74, 6) is -2.33. The molecule has 0 saturated carbocycles. The lowest BCUT2D eigenvalue weighted by Crippen LogP contribution is -2.60. The molecule has 4 aromatic rings. The number of piperazine rings is 1. The Morgan fingerprint density at radius 1 is 0.958 bits per heavy atom. The van der Waals surface area contributed by atoms with Gasteiger partial charge in [-0.2, -0.15) is 10.5 Å². The quantitative estimate of drug-likeness (QED) is 0.277. The van der Waals surface area contributed by atoms with Crippen molar-refractivity contribution in [1.82, 2.24) is 15.4 Å². The molecule has 48 heavy (non-hydrogen) atoms. The molecule has 2 aliphatic heterocycles. The Balaban J connectivity index is 1.46. The Hall–Kier alpha value is -5.83. The number of anilines is 2. The van der Waals surface area contributed by atoms with Gasteiger partial charge in [-0.3, -0.25) is 15.0 Å². The number of fused-ring (bicyclic) bond motifs is 1. The summed E-state index contributed by atoms with van der Waals surface area (Å²) in [4.78, 5) is 35.3. The van der Waals surface area contributed by atoms with Crippen molar-refractivity contribution in [1.29, 1.82) is 10.5 Å². The van der Waals surface area contributed by atoms with E-state index < -0.39 is 38.0 Å². The second kappa shape index (κ2) is 12.8. The Morgan fingerprint density at radius 3 is 2.31 bits per heavy atom. The number of aromatic nitrogens is 1. The normalized spacial score (nSPS) is 17.7. The number of carbonyl (C=O) groups excluding carboxylic acids is 2. The zero-order valence-corrected chi connectivity index (χ0v) is 26.4. The lowest BCUT2D eigenvalue weighted by atomic mass is 9.73. The monoisotopic (exact) mass is 665 g/mol. The first kappa shape index (κ1) is 32.1. The molecule has 1 N–H and O–H groups in total. The third kappa shape index (κ3) is 5.27. The van der Waals surface area contributed by atoms with E-state index in [2.05, 4.69) is 10.4 Å². The highest BCUT2D eigenvalue weighted by Gasteiger charge is 2.62. The molecule has 1 fully saturated rings. The minimum atomic E-state index is -4.91. The van der Waals surface area contributed by atoms with Crippen molar-refractivity contribution in [2.24, 2.45) is 0 Å². The van der Waals surface area contributed by atoms with Gasteiger partial charge >= 0.3 is 0 Å². The van der Waals surface area contributed by atoms with Gasteiger partial charge in [0.15, 0.2) is 5.41 Å².